The summed E-state index contributed by atoms with van der Waals surface area (Å²) in [6.45, 7) is 0.756. The summed E-state index contributed by atoms with van der Waals surface area (Å²) in [4.78, 5) is 21.2. The predicted molar refractivity (Wildman–Crippen MR) is 89.7 cm³/mol. The average Bonchev–Trinajstić information content (AvgIpc) is 3.35. The lowest BCUT2D eigenvalue weighted by Crippen LogP contribution is -2.25. The molecular formula is C17H14BrN3O. The van der Waals surface area contributed by atoms with E-state index in [4.69, 9.17) is 0 Å². The largest absolute Gasteiger partial charge is 0.348 e. The summed E-state index contributed by atoms with van der Waals surface area (Å²) >= 11 is 3.51. The molecular weight excluding hydrogens is 342 g/mol. The van der Waals surface area contributed by atoms with E-state index in [1.54, 1.807) is 10.8 Å². The van der Waals surface area contributed by atoms with Crippen LogP contribution in [0.1, 0.15) is 12.8 Å². The molecule has 0 atom stereocenters. The molecule has 0 bridgehead atoms. The Kier molecular flexibility index (Phi) is 3.30. The molecule has 0 N–H and O–H groups in total. The van der Waals surface area contributed by atoms with Crippen LogP contribution >= 0.6 is 15.9 Å². The van der Waals surface area contributed by atoms with Crippen LogP contribution in [0.3, 0.4) is 0 Å². The number of hydrogen-bond donors (Lipinski definition) is 0. The van der Waals surface area contributed by atoms with Crippen LogP contribution in [0, 0.1) is 5.92 Å². The van der Waals surface area contributed by atoms with Crippen molar-refractivity contribution in [2.45, 2.75) is 19.4 Å². The van der Waals surface area contributed by atoms with Crippen LogP contribution in [0.5, 0.6) is 0 Å². The zero-order chi connectivity index (χ0) is 15.1. The van der Waals surface area contributed by atoms with Gasteiger partial charge in [-0.25, -0.2) is 4.79 Å². The van der Waals surface area contributed by atoms with E-state index < -0.39 is 0 Å². The molecule has 1 aromatic carbocycles. The minimum Gasteiger partial charge on any atom is -0.292 e. The van der Waals surface area contributed by atoms with Crippen molar-refractivity contribution >= 4 is 26.8 Å². The Morgan fingerprint density at radius 2 is 2.09 bits per heavy atom. The molecule has 1 aliphatic carbocycles. The Morgan fingerprint density at radius 1 is 1.23 bits per heavy atom. The lowest BCUT2D eigenvalue weighted by atomic mass is 10.1. The van der Waals surface area contributed by atoms with Gasteiger partial charge >= 0.3 is 5.69 Å². The highest BCUT2D eigenvalue weighted by molar-refractivity contribution is 9.10. The summed E-state index contributed by atoms with van der Waals surface area (Å²) in [7, 11) is 0. The minimum atomic E-state index is -0.192. The normalized spacial score (nSPS) is 14.4. The van der Waals surface area contributed by atoms with Crippen molar-refractivity contribution in [1.82, 2.24) is 14.5 Å². The Bertz CT molecular complexity index is 901. The van der Waals surface area contributed by atoms with Gasteiger partial charge in [-0.05, 0) is 49.1 Å². The summed E-state index contributed by atoms with van der Waals surface area (Å²) in [5, 5.41) is 0.952. The third-order valence-electron chi connectivity index (χ3n) is 3.99. The molecule has 4 rings (SSSR count). The summed E-state index contributed by atoms with van der Waals surface area (Å²) in [5.74, 6) is 0.618. The van der Waals surface area contributed by atoms with E-state index in [0.29, 0.717) is 11.6 Å². The van der Waals surface area contributed by atoms with E-state index in [-0.39, 0.29) is 5.69 Å². The summed E-state index contributed by atoms with van der Waals surface area (Å²) < 4.78 is 2.77. The highest BCUT2D eigenvalue weighted by atomic mass is 79.9. The topological polar surface area (TPSA) is 47.8 Å². The SMILES string of the molecule is O=c1nc(-c2ccccn2)c2cc(Br)ccc2n1CC1CC1. The molecule has 4 nitrogen and oxygen atoms in total. The summed E-state index contributed by atoms with van der Waals surface area (Å²) in [6, 6.07) is 11.6. The third kappa shape index (κ3) is 2.46. The first-order chi connectivity index (χ1) is 10.7. The molecule has 5 heteroatoms. The Hall–Kier alpha value is -2.01. The number of fused-ring (bicyclic) bond motifs is 1. The maximum Gasteiger partial charge on any atom is 0.348 e. The maximum absolute atomic E-state index is 12.5. The number of rotatable bonds is 3. The molecule has 0 saturated heterocycles. The smallest absolute Gasteiger partial charge is 0.292 e. The number of halogens is 1. The zero-order valence-corrected chi connectivity index (χ0v) is 13.5. The van der Waals surface area contributed by atoms with E-state index in [1.165, 1.54) is 12.8 Å². The molecule has 0 aliphatic heterocycles. The van der Waals surface area contributed by atoms with E-state index in [1.807, 2.05) is 36.4 Å². The number of aromatic nitrogens is 3. The molecule has 3 aromatic rings. The van der Waals surface area contributed by atoms with Crippen molar-refractivity contribution in [3.63, 3.8) is 0 Å². The van der Waals surface area contributed by atoms with Crippen molar-refractivity contribution in [2.75, 3.05) is 0 Å². The Morgan fingerprint density at radius 3 is 2.82 bits per heavy atom. The van der Waals surface area contributed by atoms with Gasteiger partial charge in [0.1, 0.15) is 5.69 Å². The minimum absolute atomic E-state index is 0.192. The predicted octanol–water partition coefficient (Wildman–Crippen LogP) is 3.63. The fourth-order valence-electron chi connectivity index (χ4n) is 2.69. The number of nitrogens with zero attached hydrogens (tertiary/aromatic N) is 3. The second kappa shape index (κ2) is 5.32. The third-order valence-corrected chi connectivity index (χ3v) is 4.48. The monoisotopic (exact) mass is 355 g/mol. The molecule has 22 heavy (non-hydrogen) atoms. The average molecular weight is 356 g/mol. The van der Waals surface area contributed by atoms with Crippen molar-refractivity contribution in [2.24, 2.45) is 5.92 Å². The number of benzene rings is 1. The lowest BCUT2D eigenvalue weighted by Gasteiger charge is -2.12. The molecule has 1 aliphatic rings. The second-order valence-electron chi connectivity index (χ2n) is 5.67. The van der Waals surface area contributed by atoms with Gasteiger partial charge in [-0.15, -0.1) is 0 Å². The number of pyridine rings is 1. The van der Waals surface area contributed by atoms with Crippen LogP contribution in [-0.4, -0.2) is 14.5 Å². The van der Waals surface area contributed by atoms with Gasteiger partial charge in [0.05, 0.1) is 11.2 Å². The van der Waals surface area contributed by atoms with E-state index in [2.05, 4.69) is 25.9 Å². The molecule has 2 heterocycles. The molecule has 110 valence electrons. The zero-order valence-electron chi connectivity index (χ0n) is 11.9. The van der Waals surface area contributed by atoms with Crippen LogP contribution in [0.4, 0.5) is 0 Å². The maximum atomic E-state index is 12.5. The lowest BCUT2D eigenvalue weighted by molar-refractivity contribution is 0.614. The first-order valence-electron chi connectivity index (χ1n) is 7.34. The quantitative estimate of drug-likeness (QED) is 0.720. The van der Waals surface area contributed by atoms with E-state index in [9.17, 15) is 4.79 Å². The molecule has 0 amide bonds. The van der Waals surface area contributed by atoms with Crippen molar-refractivity contribution in [3.05, 3.63) is 57.6 Å². The fraction of sp³-hybridized carbons (Fsp3) is 0.235. The summed E-state index contributed by atoms with van der Waals surface area (Å²) in [5.41, 5.74) is 2.10. The van der Waals surface area contributed by atoms with Crippen LogP contribution in [-0.2, 0) is 6.54 Å². The molecule has 1 fully saturated rings. The van der Waals surface area contributed by atoms with Crippen molar-refractivity contribution in [1.29, 1.82) is 0 Å². The van der Waals surface area contributed by atoms with Gasteiger partial charge in [-0.1, -0.05) is 22.0 Å². The van der Waals surface area contributed by atoms with Crippen LogP contribution in [0.25, 0.3) is 22.3 Å². The number of hydrogen-bond acceptors (Lipinski definition) is 3. The Balaban J connectivity index is 2.01. The van der Waals surface area contributed by atoms with Crippen molar-refractivity contribution < 1.29 is 0 Å². The van der Waals surface area contributed by atoms with Gasteiger partial charge in [0.15, 0.2) is 0 Å². The van der Waals surface area contributed by atoms with Gasteiger partial charge in [0.2, 0.25) is 0 Å². The van der Waals surface area contributed by atoms with Crippen LogP contribution < -0.4 is 5.69 Å². The summed E-state index contributed by atoms with van der Waals surface area (Å²) in [6.07, 6.45) is 4.12. The second-order valence-corrected chi connectivity index (χ2v) is 6.59. The van der Waals surface area contributed by atoms with Gasteiger partial charge in [-0.2, -0.15) is 4.98 Å². The molecule has 0 unspecified atom stereocenters. The molecule has 0 spiro atoms. The van der Waals surface area contributed by atoms with Gasteiger partial charge < -0.3 is 0 Å². The first-order valence-corrected chi connectivity index (χ1v) is 8.13. The fourth-order valence-corrected chi connectivity index (χ4v) is 3.05. The van der Waals surface area contributed by atoms with E-state index in [0.717, 1.165) is 27.6 Å². The molecule has 1 saturated carbocycles. The highest BCUT2D eigenvalue weighted by Crippen LogP contribution is 2.32. The highest BCUT2D eigenvalue weighted by Gasteiger charge is 2.24. The van der Waals surface area contributed by atoms with Crippen LogP contribution in [0.2, 0.25) is 0 Å². The molecule has 0 radical (unpaired) electrons. The van der Waals surface area contributed by atoms with Gasteiger partial charge in [-0.3, -0.25) is 9.55 Å². The van der Waals surface area contributed by atoms with Crippen LogP contribution in [0.15, 0.2) is 51.9 Å². The Labute approximate surface area is 136 Å². The standard InChI is InChI=1S/C17H14BrN3O/c18-12-6-7-15-13(9-12)16(14-3-1-2-8-19-14)20-17(22)21(15)10-11-4-5-11/h1-3,6-9,11H,4-5,10H2. The van der Waals surface area contributed by atoms with Gasteiger partial charge in [0, 0.05) is 22.6 Å². The van der Waals surface area contributed by atoms with Crippen molar-refractivity contribution in [3.8, 4) is 11.4 Å². The first kappa shape index (κ1) is 13.6. The van der Waals surface area contributed by atoms with Gasteiger partial charge in [0.25, 0.3) is 0 Å². The van der Waals surface area contributed by atoms with E-state index >= 15 is 0 Å². The molecule has 2 aromatic heterocycles.